The Labute approximate surface area is 131 Å². The number of ether oxygens (including phenoxy) is 1. The SMILES string of the molecule is COCCCCCNS(=O)(=O)c1csc(CNC2CC2)c1. The largest absolute Gasteiger partial charge is 0.385 e. The van der Waals surface area contributed by atoms with Gasteiger partial charge in [0.15, 0.2) is 0 Å². The first kappa shape index (κ1) is 16.9. The van der Waals surface area contributed by atoms with Crippen LogP contribution in [0.1, 0.15) is 37.0 Å². The van der Waals surface area contributed by atoms with Gasteiger partial charge in [-0.25, -0.2) is 13.1 Å². The van der Waals surface area contributed by atoms with Crippen molar-refractivity contribution in [3.63, 3.8) is 0 Å². The second kappa shape index (κ2) is 8.24. The highest BCUT2D eigenvalue weighted by atomic mass is 32.2. The highest BCUT2D eigenvalue weighted by Crippen LogP contribution is 2.22. The zero-order chi connectivity index (χ0) is 15.1. The average Bonchev–Trinajstić information content (AvgIpc) is 3.16. The van der Waals surface area contributed by atoms with Crippen LogP contribution in [0.2, 0.25) is 0 Å². The number of thiophene rings is 1. The van der Waals surface area contributed by atoms with Crippen LogP contribution < -0.4 is 10.0 Å². The molecule has 0 aromatic carbocycles. The van der Waals surface area contributed by atoms with E-state index < -0.39 is 10.0 Å². The predicted octanol–water partition coefficient (Wildman–Crippen LogP) is 2.10. The van der Waals surface area contributed by atoms with Gasteiger partial charge in [-0.1, -0.05) is 0 Å². The third kappa shape index (κ3) is 6.04. The summed E-state index contributed by atoms with van der Waals surface area (Å²) in [6, 6.07) is 2.41. The summed E-state index contributed by atoms with van der Waals surface area (Å²) >= 11 is 1.50. The minimum Gasteiger partial charge on any atom is -0.385 e. The van der Waals surface area contributed by atoms with E-state index in [0.29, 0.717) is 17.5 Å². The van der Waals surface area contributed by atoms with Gasteiger partial charge in [-0.05, 0) is 38.2 Å². The molecule has 120 valence electrons. The summed E-state index contributed by atoms with van der Waals surface area (Å²) in [5, 5.41) is 5.11. The van der Waals surface area contributed by atoms with Crippen LogP contribution in [-0.4, -0.2) is 34.7 Å². The molecule has 0 atom stereocenters. The Morgan fingerprint density at radius 2 is 2.14 bits per heavy atom. The highest BCUT2D eigenvalue weighted by molar-refractivity contribution is 7.89. The molecule has 1 aromatic rings. The molecular weight excluding hydrogens is 308 g/mol. The van der Waals surface area contributed by atoms with Gasteiger partial charge in [0.25, 0.3) is 0 Å². The van der Waals surface area contributed by atoms with Crippen molar-refractivity contribution in [3.05, 3.63) is 16.3 Å². The molecule has 1 aliphatic carbocycles. The van der Waals surface area contributed by atoms with Gasteiger partial charge in [0, 0.05) is 43.1 Å². The Hall–Kier alpha value is -0.470. The molecule has 0 saturated heterocycles. The van der Waals surface area contributed by atoms with E-state index >= 15 is 0 Å². The highest BCUT2D eigenvalue weighted by Gasteiger charge is 2.21. The van der Waals surface area contributed by atoms with Crippen LogP contribution in [0.5, 0.6) is 0 Å². The maximum atomic E-state index is 12.1. The van der Waals surface area contributed by atoms with E-state index in [2.05, 4.69) is 10.0 Å². The quantitative estimate of drug-likeness (QED) is 0.609. The zero-order valence-electron chi connectivity index (χ0n) is 12.4. The first-order chi connectivity index (χ1) is 10.1. The molecule has 1 saturated carbocycles. The molecule has 0 aliphatic heterocycles. The second-order valence-corrected chi connectivity index (χ2v) is 8.12. The Morgan fingerprint density at radius 1 is 1.33 bits per heavy atom. The number of nitrogens with one attached hydrogen (secondary N) is 2. The zero-order valence-corrected chi connectivity index (χ0v) is 14.1. The van der Waals surface area contributed by atoms with Gasteiger partial charge >= 0.3 is 0 Å². The molecule has 0 amide bonds. The lowest BCUT2D eigenvalue weighted by Crippen LogP contribution is -2.24. The van der Waals surface area contributed by atoms with Gasteiger partial charge in [-0.3, -0.25) is 0 Å². The summed E-state index contributed by atoms with van der Waals surface area (Å²) in [6.45, 7) is 1.98. The number of rotatable bonds is 11. The molecule has 0 unspecified atom stereocenters. The number of hydrogen-bond donors (Lipinski definition) is 2. The minimum atomic E-state index is -3.35. The van der Waals surface area contributed by atoms with E-state index in [-0.39, 0.29) is 0 Å². The smallest absolute Gasteiger partial charge is 0.241 e. The Bertz CT molecular complexity index is 524. The molecule has 1 fully saturated rings. The molecule has 0 radical (unpaired) electrons. The van der Waals surface area contributed by atoms with Gasteiger partial charge in [-0.2, -0.15) is 0 Å². The summed E-state index contributed by atoms with van der Waals surface area (Å²) in [5.74, 6) is 0. The van der Waals surface area contributed by atoms with Crippen molar-refractivity contribution in [2.45, 2.75) is 49.6 Å². The van der Waals surface area contributed by atoms with Crippen molar-refractivity contribution < 1.29 is 13.2 Å². The number of methoxy groups -OCH3 is 1. The minimum absolute atomic E-state index is 0.386. The maximum absolute atomic E-state index is 12.1. The van der Waals surface area contributed by atoms with E-state index in [9.17, 15) is 8.42 Å². The second-order valence-electron chi connectivity index (χ2n) is 5.36. The van der Waals surface area contributed by atoms with Crippen LogP contribution >= 0.6 is 11.3 Å². The van der Waals surface area contributed by atoms with Gasteiger partial charge in [0.2, 0.25) is 10.0 Å². The lowest BCUT2D eigenvalue weighted by atomic mass is 10.2. The van der Waals surface area contributed by atoms with Crippen molar-refractivity contribution in [2.24, 2.45) is 0 Å². The standard InChI is InChI=1S/C14H24N2O3S2/c1-19-8-4-2-3-7-16-21(17,18)14-9-13(20-11-14)10-15-12-5-6-12/h9,11-12,15-16H,2-8,10H2,1H3. The summed E-state index contributed by atoms with van der Waals surface area (Å²) in [5.41, 5.74) is 0. The fourth-order valence-corrected chi connectivity index (χ4v) is 4.26. The van der Waals surface area contributed by atoms with Crippen LogP contribution in [0.3, 0.4) is 0 Å². The van der Waals surface area contributed by atoms with Crippen molar-refractivity contribution in [1.29, 1.82) is 0 Å². The Morgan fingerprint density at radius 3 is 2.86 bits per heavy atom. The number of hydrogen-bond acceptors (Lipinski definition) is 5. The Balaban J connectivity index is 1.73. The molecule has 5 nitrogen and oxygen atoms in total. The normalized spacial score (nSPS) is 15.5. The van der Waals surface area contributed by atoms with Crippen LogP contribution in [0.4, 0.5) is 0 Å². The molecule has 1 heterocycles. The number of sulfonamides is 1. The molecular formula is C14H24N2O3S2. The van der Waals surface area contributed by atoms with Crippen LogP contribution in [-0.2, 0) is 21.3 Å². The molecule has 21 heavy (non-hydrogen) atoms. The summed E-state index contributed by atoms with van der Waals surface area (Å²) in [6.07, 6.45) is 5.25. The molecule has 2 rings (SSSR count). The monoisotopic (exact) mass is 332 g/mol. The van der Waals surface area contributed by atoms with E-state index in [0.717, 1.165) is 37.3 Å². The van der Waals surface area contributed by atoms with E-state index in [1.54, 1.807) is 18.6 Å². The van der Waals surface area contributed by atoms with Gasteiger partial charge in [0.05, 0.1) is 4.90 Å². The first-order valence-electron chi connectivity index (χ1n) is 7.41. The first-order valence-corrected chi connectivity index (χ1v) is 9.77. The van der Waals surface area contributed by atoms with Crippen LogP contribution in [0.25, 0.3) is 0 Å². The lowest BCUT2D eigenvalue weighted by Gasteiger charge is -2.05. The van der Waals surface area contributed by atoms with Crippen molar-refractivity contribution in [1.82, 2.24) is 10.0 Å². The average molecular weight is 332 g/mol. The lowest BCUT2D eigenvalue weighted by molar-refractivity contribution is 0.192. The predicted molar refractivity (Wildman–Crippen MR) is 85.1 cm³/mol. The van der Waals surface area contributed by atoms with Crippen molar-refractivity contribution in [3.8, 4) is 0 Å². The maximum Gasteiger partial charge on any atom is 0.241 e. The summed E-state index contributed by atoms with van der Waals surface area (Å²) < 4.78 is 31.9. The molecule has 7 heteroatoms. The van der Waals surface area contributed by atoms with Gasteiger partial charge in [-0.15, -0.1) is 11.3 Å². The number of unbranched alkanes of at least 4 members (excludes halogenated alkanes) is 2. The van der Waals surface area contributed by atoms with Crippen LogP contribution in [0.15, 0.2) is 16.3 Å². The molecule has 2 N–H and O–H groups in total. The van der Waals surface area contributed by atoms with E-state index in [1.165, 1.54) is 24.2 Å². The van der Waals surface area contributed by atoms with Crippen LogP contribution in [0, 0.1) is 0 Å². The topological polar surface area (TPSA) is 67.4 Å². The molecule has 0 bridgehead atoms. The molecule has 1 aliphatic rings. The van der Waals surface area contributed by atoms with Gasteiger partial charge in [0.1, 0.15) is 0 Å². The Kier molecular flexibility index (Phi) is 6.63. The fraction of sp³-hybridized carbons (Fsp3) is 0.714. The van der Waals surface area contributed by atoms with E-state index in [4.69, 9.17) is 4.74 Å². The fourth-order valence-electron chi connectivity index (χ4n) is 1.96. The third-order valence-corrected chi connectivity index (χ3v) is 5.93. The third-order valence-electron chi connectivity index (χ3n) is 3.40. The van der Waals surface area contributed by atoms with E-state index in [1.807, 2.05) is 0 Å². The summed E-state index contributed by atoms with van der Waals surface area (Å²) in [4.78, 5) is 1.46. The molecule has 1 aromatic heterocycles. The van der Waals surface area contributed by atoms with Gasteiger partial charge < -0.3 is 10.1 Å². The van der Waals surface area contributed by atoms with Crippen molar-refractivity contribution >= 4 is 21.4 Å². The molecule has 0 spiro atoms. The van der Waals surface area contributed by atoms with Crippen molar-refractivity contribution in [2.75, 3.05) is 20.3 Å². The summed E-state index contributed by atoms with van der Waals surface area (Å²) in [7, 11) is -1.68.